The molecule has 0 bridgehead atoms. The Bertz CT molecular complexity index is 1880. The number of fused-ring (bicyclic) bond motifs is 5. The van der Waals surface area contributed by atoms with E-state index < -0.39 is 0 Å². The van der Waals surface area contributed by atoms with Crippen molar-refractivity contribution in [1.82, 2.24) is 0 Å². The van der Waals surface area contributed by atoms with Gasteiger partial charge in [0.15, 0.2) is 0 Å². The third-order valence-electron chi connectivity index (χ3n) is 8.98. The summed E-state index contributed by atoms with van der Waals surface area (Å²) in [5, 5.41) is 14.7. The van der Waals surface area contributed by atoms with Crippen LogP contribution in [0.4, 0.5) is 0 Å². The molecule has 1 aliphatic carbocycles. The van der Waals surface area contributed by atoms with Crippen LogP contribution in [0.5, 0.6) is 0 Å². The summed E-state index contributed by atoms with van der Waals surface area (Å²) in [4.78, 5) is 0. The van der Waals surface area contributed by atoms with Gasteiger partial charge in [-0.2, -0.15) is 5.26 Å². The van der Waals surface area contributed by atoms with E-state index in [-0.39, 0.29) is 5.41 Å². The standard InChI is InChI=1S/C38H29N/c1-3-38(4-2)34-22-25(24-39)18-20-28(34)29-21-19-27(23-35(29)38)37-32-16-10-8-14-30(32)36(26-12-6-5-7-13-26)31-15-9-11-17-33(31)37/h5-23H,3-4H2,1-2H3. The van der Waals surface area contributed by atoms with E-state index in [1.807, 2.05) is 6.07 Å². The van der Waals surface area contributed by atoms with Crippen molar-refractivity contribution in [2.75, 3.05) is 0 Å². The van der Waals surface area contributed by atoms with Crippen molar-refractivity contribution in [3.8, 4) is 39.4 Å². The van der Waals surface area contributed by atoms with Crippen molar-refractivity contribution >= 4 is 21.5 Å². The molecule has 0 spiro atoms. The second-order valence-electron chi connectivity index (χ2n) is 10.6. The molecule has 186 valence electrons. The van der Waals surface area contributed by atoms with E-state index in [0.717, 1.165) is 18.4 Å². The van der Waals surface area contributed by atoms with Crippen molar-refractivity contribution in [1.29, 1.82) is 5.26 Å². The lowest BCUT2D eigenvalue weighted by Crippen LogP contribution is -2.23. The van der Waals surface area contributed by atoms with Gasteiger partial charge in [0.05, 0.1) is 11.6 Å². The van der Waals surface area contributed by atoms with Gasteiger partial charge in [0.1, 0.15) is 0 Å². The summed E-state index contributed by atoms with van der Waals surface area (Å²) in [6, 6.07) is 44.1. The summed E-state index contributed by atoms with van der Waals surface area (Å²) in [6.07, 6.45) is 1.99. The molecule has 0 N–H and O–H groups in total. The highest BCUT2D eigenvalue weighted by atomic mass is 14.4. The Morgan fingerprint density at radius 2 is 1.03 bits per heavy atom. The molecule has 0 atom stereocenters. The minimum Gasteiger partial charge on any atom is -0.192 e. The molecule has 7 rings (SSSR count). The predicted molar refractivity (Wildman–Crippen MR) is 164 cm³/mol. The SMILES string of the molecule is CCC1(CC)c2cc(C#N)ccc2-c2ccc(-c3c4ccccc4c(-c4ccccc4)c4ccccc34)cc21. The van der Waals surface area contributed by atoms with Crippen LogP contribution in [0, 0.1) is 11.3 Å². The van der Waals surface area contributed by atoms with Crippen molar-refractivity contribution < 1.29 is 0 Å². The van der Waals surface area contributed by atoms with Crippen LogP contribution in [0.2, 0.25) is 0 Å². The van der Waals surface area contributed by atoms with Gasteiger partial charge in [-0.25, -0.2) is 0 Å². The molecule has 1 aliphatic rings. The molecular weight excluding hydrogens is 470 g/mol. The van der Waals surface area contributed by atoms with Crippen LogP contribution in [0.3, 0.4) is 0 Å². The van der Waals surface area contributed by atoms with Gasteiger partial charge in [-0.3, -0.25) is 0 Å². The van der Waals surface area contributed by atoms with E-state index in [9.17, 15) is 5.26 Å². The maximum absolute atomic E-state index is 9.65. The van der Waals surface area contributed by atoms with Crippen molar-refractivity contribution in [3.05, 3.63) is 132 Å². The summed E-state index contributed by atoms with van der Waals surface area (Å²) >= 11 is 0. The summed E-state index contributed by atoms with van der Waals surface area (Å²) < 4.78 is 0. The molecule has 0 unspecified atom stereocenters. The molecule has 1 heteroatoms. The van der Waals surface area contributed by atoms with Crippen LogP contribution in [-0.2, 0) is 5.41 Å². The fraction of sp³-hybridized carbons (Fsp3) is 0.132. The molecule has 0 radical (unpaired) electrons. The van der Waals surface area contributed by atoms with E-state index in [2.05, 4.69) is 129 Å². The molecule has 6 aromatic rings. The second kappa shape index (κ2) is 8.97. The normalized spacial score (nSPS) is 13.3. The second-order valence-corrected chi connectivity index (χ2v) is 10.6. The number of rotatable bonds is 4. The lowest BCUT2D eigenvalue weighted by molar-refractivity contribution is 0.490. The number of benzene rings is 6. The van der Waals surface area contributed by atoms with Gasteiger partial charge < -0.3 is 0 Å². The maximum Gasteiger partial charge on any atom is 0.0991 e. The zero-order valence-corrected chi connectivity index (χ0v) is 22.3. The van der Waals surface area contributed by atoms with Gasteiger partial charge in [0.25, 0.3) is 0 Å². The molecule has 0 amide bonds. The molecule has 0 aliphatic heterocycles. The maximum atomic E-state index is 9.65. The van der Waals surface area contributed by atoms with E-state index in [0.29, 0.717) is 0 Å². The quantitative estimate of drug-likeness (QED) is 0.221. The highest BCUT2D eigenvalue weighted by Gasteiger charge is 2.41. The Hall–Kier alpha value is -4.67. The first-order chi connectivity index (χ1) is 19.2. The topological polar surface area (TPSA) is 23.8 Å². The molecule has 39 heavy (non-hydrogen) atoms. The Kier molecular flexibility index (Phi) is 5.39. The Balaban J connectivity index is 1.55. The Morgan fingerprint density at radius 1 is 0.538 bits per heavy atom. The average molecular weight is 500 g/mol. The summed E-state index contributed by atoms with van der Waals surface area (Å²) in [7, 11) is 0. The minimum absolute atomic E-state index is 0.0941. The van der Waals surface area contributed by atoms with Crippen LogP contribution in [0.25, 0.3) is 54.9 Å². The van der Waals surface area contributed by atoms with E-state index in [1.165, 1.54) is 66.1 Å². The zero-order chi connectivity index (χ0) is 26.6. The lowest BCUT2D eigenvalue weighted by Gasteiger charge is -2.30. The van der Waals surface area contributed by atoms with E-state index >= 15 is 0 Å². The monoisotopic (exact) mass is 499 g/mol. The smallest absolute Gasteiger partial charge is 0.0991 e. The summed E-state index contributed by atoms with van der Waals surface area (Å²) in [6.45, 7) is 4.57. The molecule has 0 fully saturated rings. The van der Waals surface area contributed by atoms with Crippen LogP contribution < -0.4 is 0 Å². The molecule has 0 saturated heterocycles. The van der Waals surface area contributed by atoms with Gasteiger partial charge in [-0.05, 0) is 97.1 Å². The van der Waals surface area contributed by atoms with Gasteiger partial charge in [-0.1, -0.05) is 111 Å². The van der Waals surface area contributed by atoms with E-state index in [4.69, 9.17) is 0 Å². The third kappa shape index (κ3) is 3.32. The number of hydrogen-bond acceptors (Lipinski definition) is 1. The summed E-state index contributed by atoms with van der Waals surface area (Å²) in [5.74, 6) is 0. The van der Waals surface area contributed by atoms with Crippen molar-refractivity contribution in [2.24, 2.45) is 0 Å². The molecule has 0 aromatic heterocycles. The Morgan fingerprint density at radius 3 is 1.56 bits per heavy atom. The van der Waals surface area contributed by atoms with Gasteiger partial charge in [0, 0.05) is 5.41 Å². The minimum atomic E-state index is -0.0941. The average Bonchev–Trinajstić information content (AvgIpc) is 3.28. The fourth-order valence-corrected chi connectivity index (χ4v) is 7.09. The number of hydrogen-bond donors (Lipinski definition) is 0. The fourth-order valence-electron chi connectivity index (χ4n) is 7.09. The molecule has 0 saturated carbocycles. The first kappa shape index (κ1) is 23.4. The number of nitriles is 1. The van der Waals surface area contributed by atoms with Gasteiger partial charge >= 0.3 is 0 Å². The molecule has 1 nitrogen and oxygen atoms in total. The van der Waals surface area contributed by atoms with Crippen molar-refractivity contribution in [3.63, 3.8) is 0 Å². The zero-order valence-electron chi connectivity index (χ0n) is 22.3. The lowest BCUT2D eigenvalue weighted by atomic mass is 9.73. The highest BCUT2D eigenvalue weighted by Crippen LogP contribution is 2.54. The van der Waals surface area contributed by atoms with Gasteiger partial charge in [0.2, 0.25) is 0 Å². The van der Waals surface area contributed by atoms with Crippen LogP contribution in [-0.4, -0.2) is 0 Å². The molecule has 0 heterocycles. The van der Waals surface area contributed by atoms with E-state index in [1.54, 1.807) is 0 Å². The third-order valence-corrected chi connectivity index (χ3v) is 8.98. The predicted octanol–water partition coefficient (Wildman–Crippen LogP) is 10.3. The first-order valence-corrected chi connectivity index (χ1v) is 13.9. The molecule has 6 aromatic carbocycles. The molecular formula is C38H29N. The largest absolute Gasteiger partial charge is 0.192 e. The van der Waals surface area contributed by atoms with Gasteiger partial charge in [-0.15, -0.1) is 0 Å². The van der Waals surface area contributed by atoms with Crippen LogP contribution in [0.1, 0.15) is 43.4 Å². The van der Waals surface area contributed by atoms with Crippen molar-refractivity contribution in [2.45, 2.75) is 32.1 Å². The highest BCUT2D eigenvalue weighted by molar-refractivity contribution is 6.21. The first-order valence-electron chi connectivity index (χ1n) is 13.9. The van der Waals surface area contributed by atoms with Crippen LogP contribution in [0.15, 0.2) is 115 Å². The Labute approximate surface area is 230 Å². The number of nitrogens with zero attached hydrogens (tertiary/aromatic N) is 1. The van der Waals surface area contributed by atoms with Crippen LogP contribution >= 0.6 is 0 Å². The summed E-state index contributed by atoms with van der Waals surface area (Å²) in [5.41, 5.74) is 11.0.